The number of carbonyl (C=O) groups is 1. The molecule has 0 aliphatic carbocycles. The predicted molar refractivity (Wildman–Crippen MR) is 150 cm³/mol. The number of nitrogens with zero attached hydrogens (tertiary/aromatic N) is 5. The van der Waals surface area contributed by atoms with Gasteiger partial charge in [-0.3, -0.25) is 9.59 Å². The van der Waals surface area contributed by atoms with Crippen molar-refractivity contribution in [1.82, 2.24) is 24.3 Å². The van der Waals surface area contributed by atoms with Crippen molar-refractivity contribution in [3.05, 3.63) is 93.5 Å². The van der Waals surface area contributed by atoms with Crippen LogP contribution >= 0.6 is 11.6 Å². The minimum Gasteiger partial charge on any atom is -0.383 e. The highest BCUT2D eigenvalue weighted by Crippen LogP contribution is 2.35. The molecule has 5 aromatic rings. The first-order valence-corrected chi connectivity index (χ1v) is 12.8. The highest BCUT2D eigenvalue weighted by molar-refractivity contribution is 6.30. The Kier molecular flexibility index (Phi) is 7.50. The van der Waals surface area contributed by atoms with Crippen molar-refractivity contribution in [1.29, 1.82) is 0 Å². The summed E-state index contributed by atoms with van der Waals surface area (Å²) >= 11 is 5.97. The molecule has 0 bridgehead atoms. The lowest BCUT2D eigenvalue weighted by atomic mass is 10.0. The number of halogens is 4. The lowest BCUT2D eigenvalue weighted by Crippen LogP contribution is -2.31. The summed E-state index contributed by atoms with van der Waals surface area (Å²) in [7, 11) is 0. The van der Waals surface area contributed by atoms with Crippen LogP contribution in [0.2, 0.25) is 5.02 Å². The topological polar surface area (TPSA) is 121 Å². The van der Waals surface area contributed by atoms with Crippen LogP contribution in [0.1, 0.15) is 35.8 Å². The molecule has 0 unspecified atom stereocenters. The van der Waals surface area contributed by atoms with Gasteiger partial charge in [-0.15, -0.1) is 0 Å². The maximum Gasteiger partial charge on any atom is 0.284 e. The largest absolute Gasteiger partial charge is 0.383 e. The molecular formula is C28H23ClF3N7O2. The maximum absolute atomic E-state index is 15.4. The van der Waals surface area contributed by atoms with E-state index in [1.165, 1.54) is 29.0 Å². The molecule has 9 nitrogen and oxygen atoms in total. The highest BCUT2D eigenvalue weighted by atomic mass is 35.5. The molecule has 3 N–H and O–H groups in total. The summed E-state index contributed by atoms with van der Waals surface area (Å²) in [5.74, 6) is -1.63. The summed E-state index contributed by atoms with van der Waals surface area (Å²) in [4.78, 5) is 34.4. The number of alkyl halides is 2. The number of aromatic nitrogens is 5. The van der Waals surface area contributed by atoms with E-state index in [0.29, 0.717) is 16.4 Å². The molecule has 13 heteroatoms. The number of hydrogen-bond donors (Lipinski definition) is 2. The number of benzene rings is 2. The minimum atomic E-state index is -2.68. The van der Waals surface area contributed by atoms with Crippen molar-refractivity contribution in [2.75, 3.05) is 11.1 Å². The molecule has 0 aliphatic rings. The fourth-order valence-electron chi connectivity index (χ4n) is 4.36. The summed E-state index contributed by atoms with van der Waals surface area (Å²) in [6, 6.07) is 11.7. The smallest absolute Gasteiger partial charge is 0.284 e. The first kappa shape index (κ1) is 27.8. The standard InChI is InChI=1S/C28H23ClF3N7O2/c1-14(2)22-10-19(28(41)39(37-22)17-6-3-15(29)4-7-17)27(40)36-16-5-8-18(21(30)9-16)20-11-38(12-23(31)32)26-24(20)25(33)34-13-35-26/h3-11,13-14,23H,12H2,1-2H3,(H,36,40)(H2,33,34,35). The number of carbonyl (C=O) groups excluding carboxylic acids is 1. The van der Waals surface area contributed by atoms with Gasteiger partial charge in [-0.1, -0.05) is 25.4 Å². The zero-order chi connectivity index (χ0) is 29.4. The van der Waals surface area contributed by atoms with E-state index in [1.54, 1.807) is 24.3 Å². The SMILES string of the molecule is CC(C)c1cc(C(=O)Nc2ccc(-c3cn(CC(F)F)c4ncnc(N)c34)c(F)c2)c(=O)n(-c2ccc(Cl)cc2)n1. The van der Waals surface area contributed by atoms with Crippen molar-refractivity contribution < 1.29 is 18.0 Å². The van der Waals surface area contributed by atoms with Crippen LogP contribution < -0.4 is 16.6 Å². The van der Waals surface area contributed by atoms with Gasteiger partial charge in [0.05, 0.1) is 23.3 Å². The average Bonchev–Trinajstić information content (AvgIpc) is 3.27. The number of rotatable bonds is 7. The molecule has 0 spiro atoms. The molecule has 3 heterocycles. The summed E-state index contributed by atoms with van der Waals surface area (Å²) in [6.45, 7) is 3.07. The number of nitrogens with two attached hydrogens (primary N) is 1. The first-order valence-electron chi connectivity index (χ1n) is 12.4. The molecule has 0 aliphatic heterocycles. The van der Waals surface area contributed by atoms with Crippen LogP contribution in [0.25, 0.3) is 27.8 Å². The van der Waals surface area contributed by atoms with Gasteiger partial charge in [0.25, 0.3) is 17.9 Å². The van der Waals surface area contributed by atoms with Gasteiger partial charge in [-0.25, -0.2) is 23.1 Å². The number of nitrogen functional groups attached to an aromatic ring is 1. The van der Waals surface area contributed by atoms with Gasteiger partial charge in [-0.2, -0.15) is 9.78 Å². The fraction of sp³-hybridized carbons (Fsp3) is 0.179. The van der Waals surface area contributed by atoms with E-state index in [0.717, 1.165) is 17.1 Å². The molecule has 0 atom stereocenters. The quantitative estimate of drug-likeness (QED) is 0.256. The Morgan fingerprint density at radius 1 is 1.07 bits per heavy atom. The normalized spacial score (nSPS) is 11.5. The van der Waals surface area contributed by atoms with E-state index >= 15 is 4.39 Å². The Hall–Kier alpha value is -4.71. The molecule has 210 valence electrons. The summed E-state index contributed by atoms with van der Waals surface area (Å²) in [6.07, 6.45) is -0.198. The van der Waals surface area contributed by atoms with Crippen molar-refractivity contribution in [3.63, 3.8) is 0 Å². The highest BCUT2D eigenvalue weighted by Gasteiger charge is 2.21. The summed E-state index contributed by atoms with van der Waals surface area (Å²) in [5, 5.41) is 7.64. The number of nitrogens with one attached hydrogen (secondary N) is 1. The Morgan fingerprint density at radius 3 is 2.46 bits per heavy atom. The van der Waals surface area contributed by atoms with E-state index in [-0.39, 0.29) is 45.1 Å². The van der Waals surface area contributed by atoms with Crippen LogP contribution in [0.15, 0.2) is 65.8 Å². The average molecular weight is 582 g/mol. The fourth-order valence-corrected chi connectivity index (χ4v) is 4.49. The van der Waals surface area contributed by atoms with E-state index in [9.17, 15) is 18.4 Å². The summed E-state index contributed by atoms with van der Waals surface area (Å²) < 4.78 is 44.0. The van der Waals surface area contributed by atoms with Gasteiger partial charge in [0.15, 0.2) is 0 Å². The second kappa shape index (κ2) is 11.0. The first-order chi connectivity index (χ1) is 19.5. The molecule has 2 aromatic carbocycles. The van der Waals surface area contributed by atoms with Crippen LogP contribution in [0.3, 0.4) is 0 Å². The van der Waals surface area contributed by atoms with E-state index in [2.05, 4.69) is 20.4 Å². The van der Waals surface area contributed by atoms with E-state index in [4.69, 9.17) is 17.3 Å². The third-order valence-electron chi connectivity index (χ3n) is 6.37. The third kappa shape index (κ3) is 5.50. The maximum atomic E-state index is 15.4. The van der Waals surface area contributed by atoms with Crippen LogP contribution in [0.4, 0.5) is 24.7 Å². The van der Waals surface area contributed by atoms with E-state index in [1.807, 2.05) is 13.8 Å². The van der Waals surface area contributed by atoms with Crippen molar-refractivity contribution in [2.24, 2.45) is 0 Å². The van der Waals surface area contributed by atoms with Crippen LogP contribution in [-0.4, -0.2) is 36.6 Å². The third-order valence-corrected chi connectivity index (χ3v) is 6.62. The van der Waals surface area contributed by atoms with Gasteiger partial charge in [0.2, 0.25) is 0 Å². The van der Waals surface area contributed by atoms with Crippen LogP contribution in [0, 0.1) is 5.82 Å². The Morgan fingerprint density at radius 2 is 1.80 bits per heavy atom. The number of fused-ring (bicyclic) bond motifs is 1. The zero-order valence-corrected chi connectivity index (χ0v) is 22.5. The van der Waals surface area contributed by atoms with Gasteiger partial charge in [0.1, 0.15) is 29.2 Å². The van der Waals surface area contributed by atoms with Gasteiger partial charge in [-0.05, 0) is 54.4 Å². The Balaban J connectivity index is 1.50. The molecule has 0 radical (unpaired) electrons. The Bertz CT molecular complexity index is 1840. The molecular weight excluding hydrogens is 559 g/mol. The number of amides is 1. The molecule has 1 amide bonds. The molecule has 3 aromatic heterocycles. The molecule has 41 heavy (non-hydrogen) atoms. The van der Waals surface area contributed by atoms with Crippen molar-refractivity contribution in [2.45, 2.75) is 32.7 Å². The van der Waals surface area contributed by atoms with Crippen molar-refractivity contribution in [3.8, 4) is 16.8 Å². The second-order valence-corrected chi connectivity index (χ2v) is 9.96. The lowest BCUT2D eigenvalue weighted by Gasteiger charge is -2.13. The monoisotopic (exact) mass is 581 g/mol. The van der Waals surface area contributed by atoms with Gasteiger partial charge < -0.3 is 15.6 Å². The lowest BCUT2D eigenvalue weighted by molar-refractivity contribution is 0.102. The van der Waals surface area contributed by atoms with Crippen LogP contribution in [-0.2, 0) is 6.54 Å². The van der Waals surface area contributed by atoms with Crippen LogP contribution in [0.5, 0.6) is 0 Å². The number of hydrogen-bond acceptors (Lipinski definition) is 6. The molecule has 0 saturated carbocycles. The van der Waals surface area contributed by atoms with Gasteiger partial charge in [0, 0.05) is 28.0 Å². The summed E-state index contributed by atoms with van der Waals surface area (Å²) in [5.41, 5.74) is 6.49. The van der Waals surface area contributed by atoms with E-state index < -0.39 is 30.3 Å². The molecule has 5 rings (SSSR count). The Labute approximate surface area is 236 Å². The van der Waals surface area contributed by atoms with Gasteiger partial charge >= 0.3 is 0 Å². The predicted octanol–water partition coefficient (Wildman–Crippen LogP) is 5.66. The number of anilines is 2. The molecule has 0 saturated heterocycles. The van der Waals surface area contributed by atoms with Crippen molar-refractivity contribution >= 4 is 40.0 Å². The zero-order valence-electron chi connectivity index (χ0n) is 21.8. The molecule has 0 fully saturated rings. The minimum absolute atomic E-state index is 0.00501. The second-order valence-electron chi connectivity index (χ2n) is 9.52.